The molecule has 4 aromatic carbocycles. The molecule has 9 rings (SSSR count). The lowest BCUT2D eigenvalue weighted by atomic mass is 10.00. The fraction of sp³-hybridized carbons (Fsp3) is 0. The molecule has 7 nitrogen and oxygen atoms in total. The number of pyridine rings is 3. The minimum absolute atomic E-state index is 0.576. The Balaban J connectivity index is 1.22. The van der Waals surface area contributed by atoms with Gasteiger partial charge in [0.15, 0.2) is 23.1 Å². The lowest BCUT2D eigenvalue weighted by Crippen LogP contribution is -2.00. The number of hydrogen-bond acceptors (Lipinski definition) is 7. The van der Waals surface area contributed by atoms with Crippen LogP contribution in [0.5, 0.6) is 0 Å². The molecule has 7 heteroatoms. The van der Waals surface area contributed by atoms with Gasteiger partial charge in [0, 0.05) is 50.8 Å². The summed E-state index contributed by atoms with van der Waals surface area (Å²) < 4.78 is 6.23. The van der Waals surface area contributed by atoms with Crippen molar-refractivity contribution >= 4 is 32.8 Å². The van der Waals surface area contributed by atoms with E-state index >= 15 is 0 Å². The smallest absolute Gasteiger partial charge is 0.227 e. The highest BCUT2D eigenvalue weighted by molar-refractivity contribution is 6.08. The summed E-state index contributed by atoms with van der Waals surface area (Å²) in [6.07, 6.45) is 3.53. The topological polar surface area (TPSA) is 90.5 Å². The Morgan fingerprint density at radius 1 is 0.404 bits per heavy atom. The molecule has 0 saturated carbocycles. The summed E-state index contributed by atoms with van der Waals surface area (Å²) in [5.41, 5.74) is 7.09. The van der Waals surface area contributed by atoms with Crippen LogP contribution in [0.15, 0.2) is 150 Å². The van der Waals surface area contributed by atoms with E-state index < -0.39 is 0 Å². The zero-order valence-corrected chi connectivity index (χ0v) is 24.9. The van der Waals surface area contributed by atoms with Gasteiger partial charge in [-0.15, -0.1) is 0 Å². The first kappa shape index (κ1) is 26.8. The van der Waals surface area contributed by atoms with Crippen molar-refractivity contribution in [3.63, 3.8) is 0 Å². The van der Waals surface area contributed by atoms with Gasteiger partial charge < -0.3 is 4.42 Å². The van der Waals surface area contributed by atoms with Crippen LogP contribution in [0, 0.1) is 0 Å². The standard InChI is InChI=1S/C40H24N6O/c1-3-11-25(12-4-1)37-44-38(26-13-5-2-6-14-26)46-39(45-37)29-17-9-16-28(23-29)34-30-18-8-7-15-27(30)24-33(43-34)35-36-31(20-22-41-35)32-19-10-21-42-40(32)47-36/h1-24H. The second-order valence-corrected chi connectivity index (χ2v) is 11.2. The number of fused-ring (bicyclic) bond motifs is 4. The Labute approximate surface area is 269 Å². The third kappa shape index (κ3) is 4.78. The maximum absolute atomic E-state index is 6.23. The molecule has 5 heterocycles. The van der Waals surface area contributed by atoms with Crippen LogP contribution in [-0.4, -0.2) is 29.9 Å². The van der Waals surface area contributed by atoms with Crippen molar-refractivity contribution in [3.05, 3.63) is 146 Å². The summed E-state index contributed by atoms with van der Waals surface area (Å²) in [6, 6.07) is 44.4. The Hall–Kier alpha value is -6.60. The normalized spacial score (nSPS) is 11.4. The second-order valence-electron chi connectivity index (χ2n) is 11.2. The molecular formula is C40H24N6O. The van der Waals surface area contributed by atoms with E-state index in [-0.39, 0.29) is 0 Å². The first-order valence-electron chi connectivity index (χ1n) is 15.3. The molecule has 0 aliphatic heterocycles. The zero-order valence-electron chi connectivity index (χ0n) is 24.9. The summed E-state index contributed by atoms with van der Waals surface area (Å²) >= 11 is 0. The van der Waals surface area contributed by atoms with Crippen LogP contribution in [0.4, 0.5) is 0 Å². The van der Waals surface area contributed by atoms with Crippen molar-refractivity contribution in [2.24, 2.45) is 0 Å². The Morgan fingerprint density at radius 3 is 1.81 bits per heavy atom. The predicted molar refractivity (Wildman–Crippen MR) is 185 cm³/mol. The van der Waals surface area contributed by atoms with Crippen molar-refractivity contribution in [3.8, 4) is 56.8 Å². The Kier molecular flexibility index (Phi) is 6.31. The molecule has 0 amide bonds. The van der Waals surface area contributed by atoms with Crippen molar-refractivity contribution in [1.29, 1.82) is 0 Å². The van der Waals surface area contributed by atoms with Crippen LogP contribution < -0.4 is 0 Å². The number of nitrogens with zero attached hydrogens (tertiary/aromatic N) is 6. The van der Waals surface area contributed by atoms with Crippen LogP contribution in [0.25, 0.3) is 89.7 Å². The Bertz CT molecular complexity index is 2520. The second kappa shape index (κ2) is 11.1. The average molecular weight is 605 g/mol. The highest BCUT2D eigenvalue weighted by Gasteiger charge is 2.18. The van der Waals surface area contributed by atoms with E-state index in [2.05, 4.69) is 35.3 Å². The summed E-state index contributed by atoms with van der Waals surface area (Å²) in [5, 5.41) is 3.97. The molecule has 0 aliphatic carbocycles. The van der Waals surface area contributed by atoms with Gasteiger partial charge in [0.25, 0.3) is 0 Å². The van der Waals surface area contributed by atoms with Crippen LogP contribution in [0.1, 0.15) is 0 Å². The van der Waals surface area contributed by atoms with Gasteiger partial charge in [-0.05, 0) is 35.7 Å². The van der Waals surface area contributed by atoms with Gasteiger partial charge in [-0.25, -0.2) is 24.9 Å². The van der Waals surface area contributed by atoms with Crippen LogP contribution in [0.3, 0.4) is 0 Å². The lowest BCUT2D eigenvalue weighted by molar-refractivity contribution is 0.653. The monoisotopic (exact) mass is 604 g/mol. The van der Waals surface area contributed by atoms with Crippen LogP contribution >= 0.6 is 0 Å². The first-order chi connectivity index (χ1) is 23.3. The lowest BCUT2D eigenvalue weighted by Gasteiger charge is -2.12. The van der Waals surface area contributed by atoms with E-state index in [0.29, 0.717) is 40.2 Å². The quantitative estimate of drug-likeness (QED) is 0.193. The summed E-state index contributed by atoms with van der Waals surface area (Å²) in [5.74, 6) is 1.82. The highest BCUT2D eigenvalue weighted by atomic mass is 16.3. The van der Waals surface area contributed by atoms with E-state index in [9.17, 15) is 0 Å². The number of hydrogen-bond donors (Lipinski definition) is 0. The molecule has 0 radical (unpaired) electrons. The molecule has 0 bridgehead atoms. The molecule has 5 aromatic heterocycles. The molecule has 0 fully saturated rings. The van der Waals surface area contributed by atoms with E-state index in [1.165, 1.54) is 0 Å². The third-order valence-electron chi connectivity index (χ3n) is 8.24. The molecule has 9 aromatic rings. The van der Waals surface area contributed by atoms with Crippen molar-refractivity contribution < 1.29 is 4.42 Å². The Morgan fingerprint density at radius 2 is 1.04 bits per heavy atom. The highest BCUT2D eigenvalue weighted by Crippen LogP contribution is 2.37. The summed E-state index contributed by atoms with van der Waals surface area (Å²) in [4.78, 5) is 29.1. The van der Waals surface area contributed by atoms with E-state index in [0.717, 1.165) is 49.5 Å². The fourth-order valence-electron chi connectivity index (χ4n) is 6.00. The SMILES string of the molecule is c1ccc(-c2nc(-c3ccccc3)nc(-c3cccc(-c4nc(-c5nccc6c5oc5ncccc56)cc5ccccc45)c3)n2)cc1. The van der Waals surface area contributed by atoms with Crippen molar-refractivity contribution in [2.45, 2.75) is 0 Å². The minimum atomic E-state index is 0.576. The molecule has 0 atom stereocenters. The van der Waals surface area contributed by atoms with Crippen LogP contribution in [-0.2, 0) is 0 Å². The van der Waals surface area contributed by atoms with E-state index in [4.69, 9.17) is 29.3 Å². The average Bonchev–Trinajstić information content (AvgIpc) is 3.54. The van der Waals surface area contributed by atoms with Gasteiger partial charge in [-0.2, -0.15) is 0 Å². The van der Waals surface area contributed by atoms with E-state index in [1.807, 2.05) is 103 Å². The van der Waals surface area contributed by atoms with Gasteiger partial charge in [-0.1, -0.05) is 103 Å². The molecule has 0 aliphatic rings. The molecule has 0 unspecified atom stereocenters. The predicted octanol–water partition coefficient (Wildman–Crippen LogP) is 9.44. The molecule has 0 spiro atoms. The number of rotatable bonds is 5. The molecule has 220 valence electrons. The fourth-order valence-corrected chi connectivity index (χ4v) is 6.00. The largest absolute Gasteiger partial charge is 0.435 e. The molecule has 47 heavy (non-hydrogen) atoms. The number of benzene rings is 4. The van der Waals surface area contributed by atoms with E-state index in [1.54, 1.807) is 12.4 Å². The van der Waals surface area contributed by atoms with Gasteiger partial charge in [0.2, 0.25) is 5.71 Å². The van der Waals surface area contributed by atoms with Gasteiger partial charge in [0.1, 0.15) is 5.69 Å². The maximum atomic E-state index is 6.23. The molecular weight excluding hydrogens is 580 g/mol. The van der Waals surface area contributed by atoms with Gasteiger partial charge in [0.05, 0.1) is 11.4 Å². The summed E-state index contributed by atoms with van der Waals surface area (Å²) in [6.45, 7) is 0. The summed E-state index contributed by atoms with van der Waals surface area (Å²) in [7, 11) is 0. The first-order valence-corrected chi connectivity index (χ1v) is 15.3. The van der Waals surface area contributed by atoms with Gasteiger partial charge >= 0.3 is 0 Å². The number of furan rings is 1. The number of aromatic nitrogens is 6. The zero-order chi connectivity index (χ0) is 31.2. The molecule has 0 saturated heterocycles. The van der Waals surface area contributed by atoms with Crippen molar-refractivity contribution in [1.82, 2.24) is 29.9 Å². The maximum Gasteiger partial charge on any atom is 0.227 e. The van der Waals surface area contributed by atoms with Crippen LogP contribution in [0.2, 0.25) is 0 Å². The third-order valence-corrected chi connectivity index (χ3v) is 8.24. The van der Waals surface area contributed by atoms with Gasteiger partial charge in [-0.3, -0.25) is 4.98 Å². The van der Waals surface area contributed by atoms with Crippen molar-refractivity contribution in [2.75, 3.05) is 0 Å². The molecule has 0 N–H and O–H groups in total. The minimum Gasteiger partial charge on any atom is -0.435 e.